The Morgan fingerprint density at radius 2 is 1.32 bits per heavy atom. The lowest BCUT2D eigenvalue weighted by Crippen LogP contribution is -2.23. The third kappa shape index (κ3) is 2.05. The molecule has 1 aromatic carbocycles. The van der Waals surface area contributed by atoms with Crippen LogP contribution in [0.25, 0.3) is 11.1 Å². The zero-order valence-electron chi connectivity index (χ0n) is 11.9. The van der Waals surface area contributed by atoms with Gasteiger partial charge in [0.15, 0.2) is 0 Å². The summed E-state index contributed by atoms with van der Waals surface area (Å²) in [7, 11) is 0. The first kappa shape index (κ1) is 13.9. The van der Waals surface area contributed by atoms with Gasteiger partial charge in [0.1, 0.15) is 0 Å². The van der Waals surface area contributed by atoms with Gasteiger partial charge >= 0.3 is 0 Å². The molecule has 0 bridgehead atoms. The van der Waals surface area contributed by atoms with Gasteiger partial charge in [-0.1, -0.05) is 12.1 Å². The molecule has 6 heteroatoms. The summed E-state index contributed by atoms with van der Waals surface area (Å²) < 4.78 is 0. The fourth-order valence-electron chi connectivity index (χ4n) is 2.60. The highest BCUT2D eigenvalue weighted by molar-refractivity contribution is 6.38. The van der Waals surface area contributed by atoms with Crippen molar-refractivity contribution in [2.45, 2.75) is 13.8 Å². The summed E-state index contributed by atoms with van der Waals surface area (Å²) in [4.78, 5) is 46.7. The summed E-state index contributed by atoms with van der Waals surface area (Å²) >= 11 is 0. The second kappa shape index (κ2) is 4.77. The number of hydrogen-bond acceptors (Lipinski definition) is 4. The summed E-state index contributed by atoms with van der Waals surface area (Å²) in [5.74, 6) is -2.01. The highest BCUT2D eigenvalue weighted by Crippen LogP contribution is 2.33. The maximum Gasteiger partial charge on any atom is 0.258 e. The minimum Gasteiger partial charge on any atom is -0.289 e. The monoisotopic (exact) mass is 296 g/mol. The molecule has 110 valence electrons. The summed E-state index contributed by atoms with van der Waals surface area (Å²) in [5.41, 5.74) is 3.05. The largest absolute Gasteiger partial charge is 0.289 e. The number of aryl methyl sites for hydroxylation is 1. The van der Waals surface area contributed by atoms with Crippen molar-refractivity contribution < 1.29 is 19.2 Å². The first-order valence-corrected chi connectivity index (χ1v) is 6.63. The maximum atomic E-state index is 12.0. The Hall–Kier alpha value is -3.02. The molecule has 2 aliphatic heterocycles. The molecule has 2 heterocycles. The van der Waals surface area contributed by atoms with Crippen LogP contribution in [0.15, 0.2) is 24.3 Å². The van der Waals surface area contributed by atoms with Gasteiger partial charge in [0.05, 0.1) is 11.1 Å². The first-order chi connectivity index (χ1) is 10.4. The lowest BCUT2D eigenvalue weighted by Gasteiger charge is -2.14. The molecular weight excluding hydrogens is 284 g/mol. The van der Waals surface area contributed by atoms with Crippen LogP contribution in [-0.4, -0.2) is 23.6 Å². The van der Waals surface area contributed by atoms with Crippen LogP contribution in [0.2, 0.25) is 0 Å². The molecular formula is C16H12N2O4. The predicted octanol–water partition coefficient (Wildman–Crippen LogP) is 0.383. The molecule has 1 aromatic rings. The number of hydrogen-bond donors (Lipinski definition) is 2. The Kier molecular flexibility index (Phi) is 3.02. The van der Waals surface area contributed by atoms with Crippen LogP contribution in [0.1, 0.15) is 22.3 Å². The average Bonchev–Trinajstić information content (AvgIpc) is 2.94. The van der Waals surface area contributed by atoms with E-state index in [0.717, 1.165) is 11.1 Å². The number of rotatable bonds is 2. The number of carbonyl (C=O) groups excluding carboxylic acids is 4. The maximum absolute atomic E-state index is 12.0. The zero-order valence-corrected chi connectivity index (χ0v) is 11.9. The van der Waals surface area contributed by atoms with Gasteiger partial charge < -0.3 is 0 Å². The lowest BCUT2D eigenvalue weighted by atomic mass is 9.88. The average molecular weight is 296 g/mol. The molecule has 0 unspecified atom stereocenters. The minimum atomic E-state index is -0.514. The molecule has 0 atom stereocenters. The molecule has 0 saturated heterocycles. The Labute approximate surface area is 125 Å². The summed E-state index contributed by atoms with van der Waals surface area (Å²) in [5, 5.41) is 4.37. The molecule has 0 saturated carbocycles. The Morgan fingerprint density at radius 3 is 1.82 bits per heavy atom. The van der Waals surface area contributed by atoms with Crippen LogP contribution >= 0.6 is 0 Å². The van der Waals surface area contributed by atoms with Crippen molar-refractivity contribution in [1.82, 2.24) is 10.6 Å². The normalized spacial score (nSPS) is 17.4. The lowest BCUT2D eigenvalue weighted by molar-refractivity contribution is -0.124. The van der Waals surface area contributed by atoms with Gasteiger partial charge in [-0.05, 0) is 36.1 Å². The second-order valence-electron chi connectivity index (χ2n) is 5.18. The zero-order chi connectivity index (χ0) is 16.0. The standard InChI is InChI=1S/C16H12N2O4/c1-7-3-4-9(10-5-12(19)17-15(10)21)14(8(7)2)11-6-13(20)18-16(11)22/h3-6H,1-2H3,(H,17,19,21)(H,18,20,22). The van der Waals surface area contributed by atoms with Gasteiger partial charge in [-0.25, -0.2) is 0 Å². The summed E-state index contributed by atoms with van der Waals surface area (Å²) in [6.07, 6.45) is 2.41. The van der Waals surface area contributed by atoms with Crippen molar-refractivity contribution in [3.63, 3.8) is 0 Å². The molecule has 0 aliphatic carbocycles. The number of carbonyl (C=O) groups is 4. The smallest absolute Gasteiger partial charge is 0.258 e. The van der Waals surface area contributed by atoms with Crippen LogP contribution in [0.3, 0.4) is 0 Å². The van der Waals surface area contributed by atoms with Crippen LogP contribution in [0.4, 0.5) is 0 Å². The number of nitrogens with one attached hydrogen (secondary N) is 2. The van der Waals surface area contributed by atoms with Crippen molar-refractivity contribution >= 4 is 34.8 Å². The highest BCUT2D eigenvalue weighted by atomic mass is 16.2. The Morgan fingerprint density at radius 1 is 0.773 bits per heavy atom. The fourth-order valence-corrected chi connectivity index (χ4v) is 2.60. The van der Waals surface area contributed by atoms with Gasteiger partial charge in [0, 0.05) is 12.2 Å². The molecule has 2 aliphatic rings. The molecule has 0 radical (unpaired) electrons. The van der Waals surface area contributed by atoms with E-state index in [4.69, 9.17) is 0 Å². The van der Waals surface area contributed by atoms with E-state index in [2.05, 4.69) is 10.6 Å². The number of imide groups is 2. The van der Waals surface area contributed by atoms with Crippen molar-refractivity contribution in [2.75, 3.05) is 0 Å². The molecule has 3 rings (SSSR count). The minimum absolute atomic E-state index is 0.191. The highest BCUT2D eigenvalue weighted by Gasteiger charge is 2.30. The quantitative estimate of drug-likeness (QED) is 0.772. The van der Waals surface area contributed by atoms with E-state index in [-0.39, 0.29) is 11.1 Å². The van der Waals surface area contributed by atoms with Crippen molar-refractivity contribution in [3.8, 4) is 0 Å². The van der Waals surface area contributed by atoms with Gasteiger partial charge in [0.2, 0.25) is 0 Å². The third-order valence-corrected chi connectivity index (χ3v) is 3.81. The van der Waals surface area contributed by atoms with Crippen LogP contribution in [0, 0.1) is 13.8 Å². The Balaban J connectivity index is 2.27. The van der Waals surface area contributed by atoms with Gasteiger partial charge in [0.25, 0.3) is 23.6 Å². The SMILES string of the molecule is Cc1ccc(C2=CC(=O)NC2=O)c(C2=CC(=O)NC2=O)c1C. The van der Waals surface area contributed by atoms with Crippen LogP contribution in [-0.2, 0) is 19.2 Å². The molecule has 2 N–H and O–H groups in total. The third-order valence-electron chi connectivity index (χ3n) is 3.81. The molecule has 0 spiro atoms. The molecule has 0 aromatic heterocycles. The van der Waals surface area contributed by atoms with E-state index in [0.29, 0.717) is 11.1 Å². The predicted molar refractivity (Wildman–Crippen MR) is 78.2 cm³/mol. The van der Waals surface area contributed by atoms with E-state index < -0.39 is 23.6 Å². The van der Waals surface area contributed by atoms with E-state index in [1.807, 2.05) is 6.92 Å². The van der Waals surface area contributed by atoms with Crippen molar-refractivity contribution in [2.24, 2.45) is 0 Å². The van der Waals surface area contributed by atoms with E-state index in [1.54, 1.807) is 19.1 Å². The van der Waals surface area contributed by atoms with Gasteiger partial charge in [-0.15, -0.1) is 0 Å². The van der Waals surface area contributed by atoms with Crippen molar-refractivity contribution in [1.29, 1.82) is 0 Å². The van der Waals surface area contributed by atoms with Crippen LogP contribution < -0.4 is 10.6 Å². The number of benzene rings is 1. The van der Waals surface area contributed by atoms with E-state index in [1.165, 1.54) is 12.2 Å². The molecule has 22 heavy (non-hydrogen) atoms. The topological polar surface area (TPSA) is 92.3 Å². The van der Waals surface area contributed by atoms with Crippen molar-refractivity contribution in [3.05, 3.63) is 46.5 Å². The number of amides is 4. The van der Waals surface area contributed by atoms with Gasteiger partial charge in [-0.3, -0.25) is 29.8 Å². The molecule has 6 nitrogen and oxygen atoms in total. The molecule has 4 amide bonds. The first-order valence-electron chi connectivity index (χ1n) is 6.63. The van der Waals surface area contributed by atoms with E-state index in [9.17, 15) is 19.2 Å². The summed E-state index contributed by atoms with van der Waals surface area (Å²) in [6.45, 7) is 3.67. The molecule has 0 fully saturated rings. The fraction of sp³-hybridized carbons (Fsp3) is 0.125. The Bertz CT molecular complexity index is 831. The van der Waals surface area contributed by atoms with Crippen LogP contribution in [0.5, 0.6) is 0 Å². The second-order valence-corrected chi connectivity index (χ2v) is 5.18. The van der Waals surface area contributed by atoms with Gasteiger partial charge in [-0.2, -0.15) is 0 Å². The van der Waals surface area contributed by atoms with E-state index >= 15 is 0 Å². The summed E-state index contributed by atoms with van der Waals surface area (Å²) in [6, 6.07) is 3.49.